The number of rotatable bonds is 6. The van der Waals surface area contributed by atoms with Crippen LogP contribution in [0.1, 0.15) is 44.9 Å². The van der Waals surface area contributed by atoms with Gasteiger partial charge in [0.15, 0.2) is 0 Å². The Hall–Kier alpha value is -3.29. The summed E-state index contributed by atoms with van der Waals surface area (Å²) in [4.78, 5) is 15.6. The first-order valence-electron chi connectivity index (χ1n) is 9.76. The highest BCUT2D eigenvalue weighted by molar-refractivity contribution is 5.80. The van der Waals surface area contributed by atoms with Gasteiger partial charge in [0.2, 0.25) is 11.8 Å². The van der Waals surface area contributed by atoms with Crippen LogP contribution in [0.25, 0.3) is 10.9 Å². The molecule has 31 heavy (non-hydrogen) atoms. The molecule has 1 atom stereocenters. The molecule has 0 spiro atoms. The van der Waals surface area contributed by atoms with Gasteiger partial charge in [-0.25, -0.2) is 4.98 Å². The quantitative estimate of drug-likeness (QED) is 0.517. The number of carbonyl (C=O) groups is 1. The Labute approximate surface area is 178 Å². The number of hydrogen-bond donors (Lipinski definition) is 1. The SMILES string of the molecule is CC(=O)NC(C)c1ccc2nc(Oc3ccc(OC(C)C)cc3C(F)(F)F)ccc2c1. The van der Waals surface area contributed by atoms with Crippen LogP contribution in [0.3, 0.4) is 0 Å². The predicted molar refractivity (Wildman–Crippen MR) is 111 cm³/mol. The van der Waals surface area contributed by atoms with Crippen LogP contribution < -0.4 is 14.8 Å². The maximum atomic E-state index is 13.5. The number of fused-ring (bicyclic) bond motifs is 1. The number of amides is 1. The highest BCUT2D eigenvalue weighted by atomic mass is 19.4. The average molecular weight is 432 g/mol. The number of halogens is 3. The summed E-state index contributed by atoms with van der Waals surface area (Å²) in [6.07, 6.45) is -4.87. The van der Waals surface area contributed by atoms with Gasteiger partial charge < -0.3 is 14.8 Å². The van der Waals surface area contributed by atoms with Crippen LogP contribution in [-0.4, -0.2) is 17.0 Å². The van der Waals surface area contributed by atoms with Gasteiger partial charge in [-0.15, -0.1) is 0 Å². The Kier molecular flexibility index (Phi) is 6.38. The van der Waals surface area contributed by atoms with Gasteiger partial charge in [-0.05, 0) is 62.7 Å². The van der Waals surface area contributed by atoms with Crippen molar-refractivity contribution in [2.45, 2.75) is 46.0 Å². The van der Waals surface area contributed by atoms with Crippen molar-refractivity contribution in [1.29, 1.82) is 0 Å². The normalized spacial score (nSPS) is 12.6. The van der Waals surface area contributed by atoms with E-state index in [9.17, 15) is 18.0 Å². The van der Waals surface area contributed by atoms with Crippen molar-refractivity contribution in [2.75, 3.05) is 0 Å². The van der Waals surface area contributed by atoms with E-state index >= 15 is 0 Å². The standard InChI is InChI=1S/C23H23F3N2O3/c1-13(2)30-18-7-9-21(19(12-18)23(24,25)26)31-22-10-6-17-11-16(5-8-20(17)28-22)14(3)27-15(4)29/h5-14H,1-4H3,(H,27,29). The highest BCUT2D eigenvalue weighted by Gasteiger charge is 2.35. The molecule has 0 bridgehead atoms. The van der Waals surface area contributed by atoms with Crippen LogP contribution in [0, 0.1) is 0 Å². The molecule has 1 N–H and O–H groups in total. The van der Waals surface area contributed by atoms with Crippen LogP contribution in [0.2, 0.25) is 0 Å². The second-order valence-electron chi connectivity index (χ2n) is 7.45. The third-order valence-corrected chi connectivity index (χ3v) is 4.45. The molecule has 164 valence electrons. The molecule has 0 radical (unpaired) electrons. The molecule has 1 amide bonds. The molecule has 3 aromatic rings. The number of alkyl halides is 3. The minimum atomic E-state index is -4.61. The molecule has 1 heterocycles. The Morgan fingerprint density at radius 3 is 2.42 bits per heavy atom. The first-order valence-corrected chi connectivity index (χ1v) is 9.76. The molecular weight excluding hydrogens is 409 g/mol. The summed E-state index contributed by atoms with van der Waals surface area (Å²) < 4.78 is 51.5. The van der Waals surface area contributed by atoms with Crippen LogP contribution in [-0.2, 0) is 11.0 Å². The summed E-state index contributed by atoms with van der Waals surface area (Å²) in [6, 6.07) is 12.0. The molecule has 2 aromatic carbocycles. The molecule has 0 aliphatic heterocycles. The first-order chi connectivity index (χ1) is 14.5. The summed E-state index contributed by atoms with van der Waals surface area (Å²) >= 11 is 0. The van der Waals surface area contributed by atoms with E-state index in [0.717, 1.165) is 17.0 Å². The molecule has 0 saturated heterocycles. The maximum absolute atomic E-state index is 13.5. The van der Waals surface area contributed by atoms with Crippen molar-refractivity contribution >= 4 is 16.8 Å². The topological polar surface area (TPSA) is 60.5 Å². The van der Waals surface area contributed by atoms with Gasteiger partial charge in [-0.3, -0.25) is 4.79 Å². The van der Waals surface area contributed by atoms with Gasteiger partial charge in [0.25, 0.3) is 0 Å². The van der Waals surface area contributed by atoms with E-state index in [1.165, 1.54) is 25.1 Å². The summed E-state index contributed by atoms with van der Waals surface area (Å²) in [7, 11) is 0. The van der Waals surface area contributed by atoms with E-state index in [2.05, 4.69) is 10.3 Å². The zero-order chi connectivity index (χ0) is 22.8. The first kappa shape index (κ1) is 22.4. The molecule has 1 aromatic heterocycles. The Bertz CT molecular complexity index is 1100. The fraction of sp³-hybridized carbons (Fsp3) is 0.304. The Balaban J connectivity index is 1.90. The third kappa shape index (κ3) is 5.65. The van der Waals surface area contributed by atoms with Gasteiger partial charge in [0.1, 0.15) is 17.1 Å². The number of hydrogen-bond acceptors (Lipinski definition) is 4. The van der Waals surface area contributed by atoms with Crippen molar-refractivity contribution < 1.29 is 27.4 Å². The van der Waals surface area contributed by atoms with E-state index in [1.807, 2.05) is 13.0 Å². The fourth-order valence-corrected chi connectivity index (χ4v) is 3.12. The summed E-state index contributed by atoms with van der Waals surface area (Å²) in [6.45, 7) is 6.77. The zero-order valence-electron chi connectivity index (χ0n) is 17.6. The van der Waals surface area contributed by atoms with Crippen molar-refractivity contribution in [3.05, 3.63) is 59.7 Å². The largest absolute Gasteiger partial charge is 0.491 e. The zero-order valence-corrected chi connectivity index (χ0v) is 17.6. The summed E-state index contributed by atoms with van der Waals surface area (Å²) in [5.41, 5.74) is 0.509. The molecule has 0 aliphatic carbocycles. The highest BCUT2D eigenvalue weighted by Crippen LogP contribution is 2.40. The molecule has 5 nitrogen and oxygen atoms in total. The minimum absolute atomic E-state index is 0.0400. The average Bonchev–Trinajstić information content (AvgIpc) is 2.67. The van der Waals surface area contributed by atoms with Crippen molar-refractivity contribution in [3.63, 3.8) is 0 Å². The lowest BCUT2D eigenvalue weighted by Crippen LogP contribution is -2.23. The van der Waals surface area contributed by atoms with Gasteiger partial charge in [-0.1, -0.05) is 6.07 Å². The molecule has 0 fully saturated rings. The van der Waals surface area contributed by atoms with E-state index in [1.54, 1.807) is 32.0 Å². The predicted octanol–water partition coefficient (Wildman–Crippen LogP) is 6.03. The van der Waals surface area contributed by atoms with Crippen molar-refractivity contribution in [2.24, 2.45) is 0 Å². The van der Waals surface area contributed by atoms with E-state index in [4.69, 9.17) is 9.47 Å². The molecule has 8 heteroatoms. The lowest BCUT2D eigenvalue weighted by molar-refractivity contribution is -0.138. The number of pyridine rings is 1. The van der Waals surface area contributed by atoms with Crippen LogP contribution in [0.5, 0.6) is 17.4 Å². The Morgan fingerprint density at radius 2 is 1.77 bits per heavy atom. The molecular formula is C23H23F3N2O3. The van der Waals surface area contributed by atoms with Gasteiger partial charge >= 0.3 is 6.18 Å². The molecule has 0 aliphatic rings. The Morgan fingerprint density at radius 1 is 1.03 bits per heavy atom. The summed E-state index contributed by atoms with van der Waals surface area (Å²) in [5.74, 6) is -0.341. The lowest BCUT2D eigenvalue weighted by Gasteiger charge is -2.17. The van der Waals surface area contributed by atoms with Crippen LogP contribution in [0.15, 0.2) is 48.5 Å². The van der Waals surface area contributed by atoms with Gasteiger partial charge in [-0.2, -0.15) is 13.2 Å². The molecule has 0 saturated carbocycles. The van der Waals surface area contributed by atoms with E-state index in [0.29, 0.717) is 5.52 Å². The minimum Gasteiger partial charge on any atom is -0.491 e. The van der Waals surface area contributed by atoms with Crippen LogP contribution in [0.4, 0.5) is 13.2 Å². The lowest BCUT2D eigenvalue weighted by atomic mass is 10.1. The number of nitrogens with zero attached hydrogens (tertiary/aromatic N) is 1. The number of ether oxygens (including phenoxy) is 2. The smallest absolute Gasteiger partial charge is 0.420 e. The van der Waals surface area contributed by atoms with Gasteiger partial charge in [0, 0.05) is 18.4 Å². The number of aromatic nitrogens is 1. The monoisotopic (exact) mass is 432 g/mol. The third-order valence-electron chi connectivity index (χ3n) is 4.45. The van der Waals surface area contributed by atoms with Gasteiger partial charge in [0.05, 0.1) is 17.7 Å². The second-order valence-corrected chi connectivity index (χ2v) is 7.45. The number of benzene rings is 2. The number of nitrogens with one attached hydrogen (secondary N) is 1. The van der Waals surface area contributed by atoms with Crippen molar-refractivity contribution in [3.8, 4) is 17.4 Å². The maximum Gasteiger partial charge on any atom is 0.420 e. The molecule has 3 rings (SSSR count). The van der Waals surface area contributed by atoms with Crippen molar-refractivity contribution in [1.82, 2.24) is 10.3 Å². The van der Waals surface area contributed by atoms with E-state index < -0.39 is 11.7 Å². The number of carbonyl (C=O) groups excluding carboxylic acids is 1. The van der Waals surface area contributed by atoms with Crippen LogP contribution >= 0.6 is 0 Å². The fourth-order valence-electron chi connectivity index (χ4n) is 3.12. The van der Waals surface area contributed by atoms with E-state index in [-0.39, 0.29) is 35.4 Å². The second kappa shape index (κ2) is 8.83. The summed E-state index contributed by atoms with van der Waals surface area (Å²) in [5, 5.41) is 3.58. The molecule has 1 unspecified atom stereocenters.